The second-order valence-electron chi connectivity index (χ2n) is 7.02. The maximum atomic E-state index is 12.3. The van der Waals surface area contributed by atoms with E-state index in [9.17, 15) is 23.6 Å². The van der Waals surface area contributed by atoms with Crippen molar-refractivity contribution < 1.29 is 42.5 Å². The summed E-state index contributed by atoms with van der Waals surface area (Å²) in [4.78, 5) is 46.0. The Morgan fingerprint density at radius 3 is 2.12 bits per heavy atom. The van der Waals surface area contributed by atoms with Crippen molar-refractivity contribution in [2.45, 2.75) is 43.8 Å². The number of likely N-dealkylation sites (tertiary alicyclic amines) is 1. The summed E-state index contributed by atoms with van der Waals surface area (Å²) in [5, 5.41) is -0.380. The molecule has 0 aliphatic carbocycles. The second kappa shape index (κ2) is 19.1. The number of hydrogen-bond acceptors (Lipinski definition) is 9. The molecule has 0 aromatic carbocycles. The molecular formula is C21H34FNO8S. The fraction of sp³-hybridized carbons (Fsp3) is 0.810. The minimum absolute atomic E-state index is 0.112. The number of amides is 2. The summed E-state index contributed by atoms with van der Waals surface area (Å²) >= 11 is 1.41. The molecule has 11 heteroatoms. The van der Waals surface area contributed by atoms with Gasteiger partial charge in [-0.3, -0.25) is 19.3 Å². The maximum absolute atomic E-state index is 12.3. The van der Waals surface area contributed by atoms with Gasteiger partial charge in [0, 0.05) is 31.6 Å². The highest BCUT2D eigenvalue weighted by Crippen LogP contribution is 2.25. The Morgan fingerprint density at radius 2 is 1.53 bits per heavy atom. The van der Waals surface area contributed by atoms with Crippen LogP contribution in [-0.4, -0.2) is 99.4 Å². The molecule has 1 aliphatic rings. The summed E-state index contributed by atoms with van der Waals surface area (Å²) in [7, 11) is 0. The number of nitrogens with zero attached hydrogens (tertiary/aromatic N) is 1. The first-order chi connectivity index (χ1) is 15.6. The summed E-state index contributed by atoms with van der Waals surface area (Å²) in [6.45, 7) is 3.86. The lowest BCUT2D eigenvalue weighted by atomic mass is 10.2. The molecule has 0 saturated carbocycles. The molecule has 184 valence electrons. The van der Waals surface area contributed by atoms with Crippen molar-refractivity contribution in [2.24, 2.45) is 0 Å². The smallest absolute Gasteiger partial charge is 0.301 e. The van der Waals surface area contributed by atoms with Crippen LogP contribution in [0.3, 0.4) is 0 Å². The van der Waals surface area contributed by atoms with Gasteiger partial charge in [-0.2, -0.15) is 4.39 Å². The Kier molecular flexibility index (Phi) is 17.1. The van der Waals surface area contributed by atoms with Gasteiger partial charge >= 0.3 is 6.04 Å². The van der Waals surface area contributed by atoms with E-state index >= 15 is 0 Å². The number of unbranched alkanes of at least 4 members (excludes halogenated alkanes) is 2. The zero-order valence-corrected chi connectivity index (χ0v) is 19.3. The van der Waals surface area contributed by atoms with Crippen molar-refractivity contribution in [2.75, 3.05) is 65.2 Å². The van der Waals surface area contributed by atoms with Gasteiger partial charge in [0.1, 0.15) is 6.29 Å². The molecule has 0 bridgehead atoms. The molecule has 1 atom stereocenters. The third-order valence-corrected chi connectivity index (χ3v) is 5.67. The highest BCUT2D eigenvalue weighted by atomic mass is 32.2. The van der Waals surface area contributed by atoms with Crippen molar-refractivity contribution in [1.82, 2.24) is 4.90 Å². The Morgan fingerprint density at radius 1 is 0.938 bits per heavy atom. The van der Waals surface area contributed by atoms with Crippen LogP contribution in [-0.2, 0) is 38.1 Å². The van der Waals surface area contributed by atoms with Gasteiger partial charge in [0.25, 0.3) is 0 Å². The average molecular weight is 480 g/mol. The monoisotopic (exact) mass is 479 g/mol. The van der Waals surface area contributed by atoms with Crippen molar-refractivity contribution >= 4 is 35.9 Å². The van der Waals surface area contributed by atoms with E-state index in [2.05, 4.69) is 0 Å². The SMILES string of the molecule is O=CCCOCCOCCOCCOCCSC1CC(=O)N(CCCCCC(=O)F)C1=O. The Labute approximate surface area is 192 Å². The third-order valence-electron chi connectivity index (χ3n) is 4.50. The Bertz CT molecular complexity index is 566. The highest BCUT2D eigenvalue weighted by molar-refractivity contribution is 8.00. The van der Waals surface area contributed by atoms with Gasteiger partial charge in [0.05, 0.1) is 58.1 Å². The van der Waals surface area contributed by atoms with Gasteiger partial charge in [-0.25, -0.2) is 0 Å². The zero-order chi connectivity index (χ0) is 23.4. The number of carbonyl (C=O) groups is 4. The number of thioether (sulfide) groups is 1. The first kappa shape index (κ1) is 28.6. The van der Waals surface area contributed by atoms with E-state index in [0.717, 1.165) is 6.29 Å². The molecule has 0 aromatic rings. The van der Waals surface area contributed by atoms with E-state index in [4.69, 9.17) is 18.9 Å². The molecule has 0 radical (unpaired) electrons. The van der Waals surface area contributed by atoms with Crippen LogP contribution in [0.15, 0.2) is 0 Å². The number of imide groups is 1. The number of aldehydes is 1. The van der Waals surface area contributed by atoms with Gasteiger partial charge < -0.3 is 23.7 Å². The molecular weight excluding hydrogens is 445 g/mol. The number of ether oxygens (including phenoxy) is 4. The summed E-state index contributed by atoms with van der Waals surface area (Å²) in [5.41, 5.74) is 0. The van der Waals surface area contributed by atoms with Gasteiger partial charge in [-0.15, -0.1) is 11.8 Å². The molecule has 1 fully saturated rings. The molecule has 0 N–H and O–H groups in total. The lowest BCUT2D eigenvalue weighted by Gasteiger charge is -2.14. The standard InChI is InChI=1S/C21H34FNO8S/c22-19(25)5-2-1-3-6-23-20(26)17-18(21(23)27)32-16-15-31-14-13-30-12-11-29-10-9-28-8-4-7-24/h7,18H,1-6,8-17H2. The molecule has 32 heavy (non-hydrogen) atoms. The van der Waals surface area contributed by atoms with Crippen LogP contribution >= 0.6 is 11.8 Å². The molecule has 2 amide bonds. The van der Waals surface area contributed by atoms with Crippen molar-refractivity contribution in [3.63, 3.8) is 0 Å². The minimum atomic E-state index is -1.33. The van der Waals surface area contributed by atoms with Crippen molar-refractivity contribution in [1.29, 1.82) is 0 Å². The van der Waals surface area contributed by atoms with Crippen LogP contribution in [0.2, 0.25) is 0 Å². The lowest BCUT2D eigenvalue weighted by molar-refractivity contribution is -0.138. The van der Waals surface area contributed by atoms with E-state index in [1.165, 1.54) is 16.7 Å². The summed E-state index contributed by atoms with van der Waals surface area (Å²) < 4.78 is 33.5. The Balaban J connectivity index is 1.93. The van der Waals surface area contributed by atoms with E-state index in [0.29, 0.717) is 90.8 Å². The quantitative estimate of drug-likeness (QED) is 0.0989. The molecule has 1 heterocycles. The van der Waals surface area contributed by atoms with E-state index in [1.807, 2.05) is 0 Å². The highest BCUT2D eigenvalue weighted by Gasteiger charge is 2.38. The first-order valence-corrected chi connectivity index (χ1v) is 12.0. The van der Waals surface area contributed by atoms with Crippen molar-refractivity contribution in [3.8, 4) is 0 Å². The summed E-state index contributed by atoms with van der Waals surface area (Å²) in [6.07, 6.45) is 2.89. The van der Waals surface area contributed by atoms with Crippen LogP contribution in [0.25, 0.3) is 0 Å². The zero-order valence-electron chi connectivity index (χ0n) is 18.5. The summed E-state index contributed by atoms with van der Waals surface area (Å²) in [5.74, 6) is 0.237. The van der Waals surface area contributed by atoms with E-state index in [1.54, 1.807) is 0 Å². The second-order valence-corrected chi connectivity index (χ2v) is 8.33. The molecule has 1 unspecified atom stereocenters. The summed E-state index contributed by atoms with van der Waals surface area (Å²) in [6, 6.07) is -1.33. The largest absolute Gasteiger partial charge is 0.379 e. The van der Waals surface area contributed by atoms with Crippen LogP contribution in [0.1, 0.15) is 38.5 Å². The molecule has 1 rings (SSSR count). The topological polar surface area (TPSA) is 108 Å². The molecule has 0 spiro atoms. The number of rotatable bonds is 22. The molecule has 0 aromatic heterocycles. The van der Waals surface area contributed by atoms with Gasteiger partial charge in [-0.05, 0) is 12.8 Å². The number of halogens is 1. The fourth-order valence-corrected chi connectivity index (χ4v) is 3.90. The van der Waals surface area contributed by atoms with E-state index < -0.39 is 6.04 Å². The van der Waals surface area contributed by atoms with E-state index in [-0.39, 0.29) is 29.9 Å². The minimum Gasteiger partial charge on any atom is -0.379 e. The van der Waals surface area contributed by atoms with Crippen LogP contribution in [0, 0.1) is 0 Å². The fourth-order valence-electron chi connectivity index (χ4n) is 2.87. The molecule has 1 aliphatic heterocycles. The lowest BCUT2D eigenvalue weighted by Crippen LogP contribution is -2.32. The average Bonchev–Trinajstić information content (AvgIpc) is 3.03. The normalized spacial score (nSPS) is 16.2. The Hall–Kier alpha value is -1.40. The van der Waals surface area contributed by atoms with Crippen molar-refractivity contribution in [3.05, 3.63) is 0 Å². The molecule has 1 saturated heterocycles. The number of hydrogen-bond donors (Lipinski definition) is 0. The molecule has 9 nitrogen and oxygen atoms in total. The number of carbonyl (C=O) groups excluding carboxylic acids is 4. The predicted octanol–water partition coefficient (Wildman–Crippen LogP) is 1.56. The van der Waals surface area contributed by atoms with Gasteiger partial charge in [0.2, 0.25) is 11.8 Å². The first-order valence-electron chi connectivity index (χ1n) is 10.9. The third kappa shape index (κ3) is 13.9. The van der Waals surface area contributed by atoms with Crippen LogP contribution in [0.5, 0.6) is 0 Å². The van der Waals surface area contributed by atoms with Crippen LogP contribution in [0.4, 0.5) is 4.39 Å². The van der Waals surface area contributed by atoms with Gasteiger partial charge in [-0.1, -0.05) is 6.42 Å². The van der Waals surface area contributed by atoms with Crippen LogP contribution < -0.4 is 0 Å². The van der Waals surface area contributed by atoms with Gasteiger partial charge in [0.15, 0.2) is 0 Å². The predicted molar refractivity (Wildman–Crippen MR) is 116 cm³/mol. The maximum Gasteiger partial charge on any atom is 0.301 e.